The van der Waals surface area contributed by atoms with E-state index in [1.165, 1.54) is 11.8 Å². The Balaban J connectivity index is 2.48. The molecule has 1 heterocycles. The molecule has 0 aliphatic carbocycles. The van der Waals surface area contributed by atoms with Crippen LogP contribution in [0, 0.1) is 10.1 Å². The number of rotatable bonds is 1. The zero-order valence-corrected chi connectivity index (χ0v) is 4.93. The Bertz CT molecular complexity index is 134. The van der Waals surface area contributed by atoms with Gasteiger partial charge >= 0.3 is 0 Å². The van der Waals surface area contributed by atoms with Gasteiger partial charge < -0.3 is 0 Å². The molecule has 4 heteroatoms. The highest BCUT2D eigenvalue weighted by Gasteiger charge is 2.18. The van der Waals surface area contributed by atoms with Crippen LogP contribution >= 0.6 is 11.8 Å². The molecule has 0 bridgehead atoms. The Kier molecular flexibility index (Phi) is 1.53. The maximum atomic E-state index is 9.94. The molecule has 1 aliphatic heterocycles. The van der Waals surface area contributed by atoms with Crippen LogP contribution in [0.2, 0.25) is 0 Å². The first-order valence-corrected chi connectivity index (χ1v) is 3.27. The van der Waals surface area contributed by atoms with Gasteiger partial charge in [-0.2, -0.15) is 0 Å². The third-order valence-corrected chi connectivity index (χ3v) is 1.82. The maximum Gasteiger partial charge on any atom is 0.241 e. The zero-order valence-electron chi connectivity index (χ0n) is 4.11. The van der Waals surface area contributed by atoms with Gasteiger partial charge in [0.2, 0.25) is 6.04 Å². The highest BCUT2D eigenvalue weighted by atomic mass is 32.2. The third kappa shape index (κ3) is 1.01. The van der Waals surface area contributed by atoms with Crippen molar-refractivity contribution in [1.82, 2.24) is 0 Å². The van der Waals surface area contributed by atoms with Gasteiger partial charge in [-0.3, -0.25) is 10.1 Å². The molecule has 1 aliphatic rings. The molecule has 3 nitrogen and oxygen atoms in total. The molecule has 1 atom stereocenters. The molecule has 44 valence electrons. The van der Waals surface area contributed by atoms with Crippen molar-refractivity contribution in [3.63, 3.8) is 0 Å². The van der Waals surface area contributed by atoms with Crippen molar-refractivity contribution in [1.29, 1.82) is 0 Å². The number of nitro groups is 1. The molecule has 0 aromatic carbocycles. The molecule has 1 rings (SSSR count). The monoisotopic (exact) mass is 131 g/mol. The van der Waals surface area contributed by atoms with E-state index in [0.717, 1.165) is 0 Å². The second-order valence-electron chi connectivity index (χ2n) is 1.51. The minimum Gasteiger partial charge on any atom is -0.264 e. The Morgan fingerprint density at radius 3 is 2.88 bits per heavy atom. The molecular weight excluding hydrogens is 126 g/mol. The van der Waals surface area contributed by atoms with Gasteiger partial charge in [0.1, 0.15) is 0 Å². The number of thioether (sulfide) groups is 1. The summed E-state index contributed by atoms with van der Waals surface area (Å²) in [7, 11) is 0. The van der Waals surface area contributed by atoms with E-state index < -0.39 is 6.04 Å². The number of nitrogens with zero attached hydrogens (tertiary/aromatic N) is 1. The van der Waals surface area contributed by atoms with E-state index >= 15 is 0 Å². The minimum atomic E-state index is -0.431. The average Bonchev–Trinajstić information content (AvgIpc) is 2.12. The fourth-order valence-corrected chi connectivity index (χ4v) is 1.32. The van der Waals surface area contributed by atoms with Crippen LogP contribution in [0.5, 0.6) is 0 Å². The summed E-state index contributed by atoms with van der Waals surface area (Å²) in [6.07, 6.45) is 1.62. The summed E-state index contributed by atoms with van der Waals surface area (Å²) < 4.78 is 0. The number of hydrogen-bond donors (Lipinski definition) is 0. The zero-order chi connectivity index (χ0) is 5.98. The Morgan fingerprint density at radius 2 is 2.62 bits per heavy atom. The Labute approximate surface area is 50.9 Å². The second-order valence-corrected chi connectivity index (χ2v) is 2.45. The molecule has 0 aromatic heterocycles. The van der Waals surface area contributed by atoms with Crippen molar-refractivity contribution in [2.45, 2.75) is 6.04 Å². The van der Waals surface area contributed by atoms with Crippen molar-refractivity contribution in [3.05, 3.63) is 21.6 Å². The quantitative estimate of drug-likeness (QED) is 0.392. The normalized spacial score (nSPS) is 26.2. The largest absolute Gasteiger partial charge is 0.264 e. The lowest BCUT2D eigenvalue weighted by Crippen LogP contribution is -2.15. The summed E-state index contributed by atoms with van der Waals surface area (Å²) in [5.74, 6) is 0.604. The van der Waals surface area contributed by atoms with Gasteiger partial charge in [0.25, 0.3) is 0 Å². The lowest BCUT2D eigenvalue weighted by molar-refractivity contribution is -0.502. The van der Waals surface area contributed by atoms with Crippen molar-refractivity contribution in [3.8, 4) is 0 Å². The summed E-state index contributed by atoms with van der Waals surface area (Å²) in [5.41, 5.74) is 0. The molecular formula is C4H5NO2S. The first-order chi connectivity index (χ1) is 3.80. The fraction of sp³-hybridized carbons (Fsp3) is 0.500. The highest BCUT2D eigenvalue weighted by molar-refractivity contribution is 8.02. The smallest absolute Gasteiger partial charge is 0.241 e. The van der Waals surface area contributed by atoms with Crippen molar-refractivity contribution < 1.29 is 4.92 Å². The predicted octanol–water partition coefficient (Wildman–Crippen LogP) is 0.892. The van der Waals surface area contributed by atoms with Crippen LogP contribution < -0.4 is 0 Å². The van der Waals surface area contributed by atoms with Gasteiger partial charge in [-0.05, 0) is 11.5 Å². The highest BCUT2D eigenvalue weighted by Crippen LogP contribution is 2.15. The third-order valence-electron chi connectivity index (χ3n) is 0.935. The first-order valence-electron chi connectivity index (χ1n) is 2.22. The molecule has 0 aromatic rings. The summed E-state index contributed by atoms with van der Waals surface area (Å²) in [4.78, 5) is 9.68. The molecule has 0 radical (unpaired) electrons. The first kappa shape index (κ1) is 5.62. The van der Waals surface area contributed by atoms with Crippen molar-refractivity contribution >= 4 is 11.8 Å². The summed E-state index contributed by atoms with van der Waals surface area (Å²) in [6.45, 7) is 0. The van der Waals surface area contributed by atoms with Gasteiger partial charge in [-0.15, -0.1) is 11.8 Å². The topological polar surface area (TPSA) is 43.1 Å². The van der Waals surface area contributed by atoms with E-state index in [1.54, 1.807) is 11.5 Å². The van der Waals surface area contributed by atoms with Crippen LogP contribution in [0.3, 0.4) is 0 Å². The van der Waals surface area contributed by atoms with Gasteiger partial charge in [0.15, 0.2) is 0 Å². The average molecular weight is 131 g/mol. The van der Waals surface area contributed by atoms with E-state index in [-0.39, 0.29) is 4.92 Å². The van der Waals surface area contributed by atoms with Crippen molar-refractivity contribution in [2.24, 2.45) is 0 Å². The molecule has 0 saturated carbocycles. The summed E-state index contributed by atoms with van der Waals surface area (Å²) in [6, 6.07) is -0.431. The van der Waals surface area contributed by atoms with E-state index in [0.29, 0.717) is 5.75 Å². The van der Waals surface area contributed by atoms with Crippen LogP contribution in [-0.4, -0.2) is 16.7 Å². The maximum absolute atomic E-state index is 9.94. The van der Waals surface area contributed by atoms with Gasteiger partial charge in [-0.25, -0.2) is 0 Å². The molecule has 0 N–H and O–H groups in total. The Hall–Kier alpha value is -0.510. The summed E-state index contributed by atoms with van der Waals surface area (Å²) in [5, 5.41) is 11.7. The fourth-order valence-electron chi connectivity index (χ4n) is 0.487. The lowest BCUT2D eigenvalue weighted by atomic mass is 10.4. The van der Waals surface area contributed by atoms with Crippen LogP contribution in [-0.2, 0) is 0 Å². The second kappa shape index (κ2) is 2.17. The lowest BCUT2D eigenvalue weighted by Gasteiger charge is -1.92. The molecule has 0 amide bonds. The SMILES string of the molecule is O=[N+]([O-])C1C=CSC1. The van der Waals surface area contributed by atoms with Gasteiger partial charge in [0.05, 0.1) is 5.75 Å². The van der Waals surface area contributed by atoms with Crippen LogP contribution in [0.25, 0.3) is 0 Å². The number of hydrogen-bond acceptors (Lipinski definition) is 3. The molecule has 0 spiro atoms. The van der Waals surface area contributed by atoms with E-state index in [1.807, 2.05) is 0 Å². The van der Waals surface area contributed by atoms with Gasteiger partial charge in [0, 0.05) is 4.92 Å². The molecule has 1 unspecified atom stereocenters. The molecule has 8 heavy (non-hydrogen) atoms. The Morgan fingerprint density at radius 1 is 1.88 bits per heavy atom. The molecule has 0 fully saturated rings. The molecule has 0 saturated heterocycles. The van der Waals surface area contributed by atoms with Crippen LogP contribution in [0.4, 0.5) is 0 Å². The van der Waals surface area contributed by atoms with Crippen molar-refractivity contribution in [2.75, 3.05) is 5.75 Å². The van der Waals surface area contributed by atoms with E-state index in [4.69, 9.17) is 0 Å². The summed E-state index contributed by atoms with van der Waals surface area (Å²) >= 11 is 1.49. The van der Waals surface area contributed by atoms with Crippen LogP contribution in [0.15, 0.2) is 11.5 Å². The van der Waals surface area contributed by atoms with Gasteiger partial charge in [-0.1, -0.05) is 0 Å². The standard InChI is InChI=1S/C4H5NO2S/c6-5(7)4-1-2-8-3-4/h1-2,4H,3H2. The minimum absolute atomic E-state index is 0.267. The van der Waals surface area contributed by atoms with E-state index in [9.17, 15) is 10.1 Å². The van der Waals surface area contributed by atoms with Crippen LogP contribution in [0.1, 0.15) is 0 Å². The predicted molar refractivity (Wildman–Crippen MR) is 32.4 cm³/mol. The van der Waals surface area contributed by atoms with E-state index in [2.05, 4.69) is 0 Å².